The number of carboxylic acids is 1. The molecular weight excluding hydrogens is 320 g/mol. The van der Waals surface area contributed by atoms with Gasteiger partial charge in [-0.1, -0.05) is 18.2 Å². The Morgan fingerprint density at radius 3 is 2.88 bits per heavy atom. The van der Waals surface area contributed by atoms with Gasteiger partial charge in [-0.25, -0.2) is 9.78 Å². The molecule has 0 bridgehead atoms. The molecule has 1 atom stereocenters. The molecule has 0 saturated heterocycles. The van der Waals surface area contributed by atoms with Crippen LogP contribution in [0.1, 0.15) is 37.2 Å². The first-order valence-corrected chi connectivity index (χ1v) is 7.97. The number of para-hydroxylation sites is 1. The van der Waals surface area contributed by atoms with E-state index in [9.17, 15) is 9.59 Å². The summed E-state index contributed by atoms with van der Waals surface area (Å²) in [5.74, 6) is -0.593. The van der Waals surface area contributed by atoms with Gasteiger partial charge < -0.3 is 5.11 Å². The van der Waals surface area contributed by atoms with Gasteiger partial charge in [0.05, 0.1) is 11.3 Å². The normalized spacial score (nSPS) is 18.3. The van der Waals surface area contributed by atoms with E-state index in [2.05, 4.69) is 15.5 Å². The molecule has 25 heavy (non-hydrogen) atoms. The zero-order chi connectivity index (χ0) is 17.8. The van der Waals surface area contributed by atoms with Crippen molar-refractivity contribution in [2.45, 2.75) is 25.8 Å². The Labute approximate surface area is 144 Å². The molecule has 7 nitrogen and oxygen atoms in total. The molecule has 1 aliphatic rings. The van der Waals surface area contributed by atoms with E-state index in [0.29, 0.717) is 18.0 Å². The van der Waals surface area contributed by atoms with Crippen molar-refractivity contribution in [3.63, 3.8) is 0 Å². The average Bonchev–Trinajstić information content (AvgIpc) is 2.61. The number of fused-ring (bicyclic) bond motifs is 1. The third-order valence-electron chi connectivity index (χ3n) is 4.02. The number of carbonyl (C=O) groups is 1. The number of benzene rings is 1. The first-order chi connectivity index (χ1) is 12.1. The second kappa shape index (κ2) is 7.12. The number of hydrazone groups is 1. The Kier molecular flexibility index (Phi) is 4.74. The second-order valence-electron chi connectivity index (χ2n) is 5.81. The topological polar surface area (TPSA) is 96.6 Å². The van der Waals surface area contributed by atoms with Gasteiger partial charge in [-0.3, -0.25) is 14.8 Å². The molecule has 1 aromatic carbocycles. The first kappa shape index (κ1) is 16.6. The van der Waals surface area contributed by atoms with Crippen molar-refractivity contribution in [2.75, 3.05) is 5.43 Å². The average molecular weight is 338 g/mol. The smallest absolute Gasteiger partial charge is 0.328 e. The number of anilines is 1. The molecule has 0 radical (unpaired) electrons. The SMILES string of the molecule is CC1CC/C(=N\Nc2ccccc2)c2ncc(/C=C/C(=O)O)c(=O)n21. The fraction of sp³-hybridized carbons (Fsp3) is 0.222. The van der Waals surface area contributed by atoms with E-state index >= 15 is 0 Å². The minimum atomic E-state index is -1.11. The van der Waals surface area contributed by atoms with Crippen molar-refractivity contribution in [1.82, 2.24) is 9.55 Å². The highest BCUT2D eigenvalue weighted by Gasteiger charge is 2.24. The third-order valence-corrected chi connectivity index (χ3v) is 4.02. The van der Waals surface area contributed by atoms with E-state index < -0.39 is 5.97 Å². The highest BCUT2D eigenvalue weighted by molar-refractivity contribution is 5.98. The molecule has 128 valence electrons. The van der Waals surface area contributed by atoms with Crippen LogP contribution in [0.3, 0.4) is 0 Å². The second-order valence-corrected chi connectivity index (χ2v) is 5.81. The molecule has 0 aliphatic carbocycles. The van der Waals surface area contributed by atoms with Gasteiger partial charge in [-0.15, -0.1) is 0 Å². The maximum atomic E-state index is 12.7. The largest absolute Gasteiger partial charge is 0.478 e. The summed E-state index contributed by atoms with van der Waals surface area (Å²) >= 11 is 0. The summed E-state index contributed by atoms with van der Waals surface area (Å²) < 4.78 is 1.58. The maximum absolute atomic E-state index is 12.7. The molecule has 2 aromatic rings. The van der Waals surface area contributed by atoms with Crippen molar-refractivity contribution in [2.24, 2.45) is 5.10 Å². The number of carboxylic acid groups (broad SMARTS) is 1. The first-order valence-electron chi connectivity index (χ1n) is 7.97. The lowest BCUT2D eigenvalue weighted by atomic mass is 10.0. The number of hydrogen-bond donors (Lipinski definition) is 2. The molecule has 0 amide bonds. The Balaban J connectivity index is 1.98. The minimum Gasteiger partial charge on any atom is -0.478 e. The van der Waals surface area contributed by atoms with Crippen LogP contribution in [0.25, 0.3) is 6.08 Å². The lowest BCUT2D eigenvalue weighted by molar-refractivity contribution is -0.131. The monoisotopic (exact) mass is 338 g/mol. The van der Waals surface area contributed by atoms with Crippen LogP contribution in [0, 0.1) is 0 Å². The van der Waals surface area contributed by atoms with Crippen LogP contribution in [0.15, 0.2) is 52.5 Å². The highest BCUT2D eigenvalue weighted by atomic mass is 16.4. The van der Waals surface area contributed by atoms with Crippen LogP contribution in [0.4, 0.5) is 5.69 Å². The molecule has 7 heteroatoms. The highest BCUT2D eigenvalue weighted by Crippen LogP contribution is 2.22. The number of aliphatic carboxylic acids is 1. The van der Waals surface area contributed by atoms with Crippen LogP contribution < -0.4 is 11.0 Å². The third kappa shape index (κ3) is 3.65. The van der Waals surface area contributed by atoms with Crippen LogP contribution >= 0.6 is 0 Å². The van der Waals surface area contributed by atoms with Gasteiger partial charge in [-0.05, 0) is 38.0 Å². The lowest BCUT2D eigenvalue weighted by Crippen LogP contribution is -2.35. The molecule has 1 unspecified atom stereocenters. The summed E-state index contributed by atoms with van der Waals surface area (Å²) in [6.07, 6.45) is 5.06. The molecule has 0 fully saturated rings. The van der Waals surface area contributed by atoms with Crippen molar-refractivity contribution < 1.29 is 9.90 Å². The predicted octanol–water partition coefficient (Wildman–Crippen LogP) is 2.51. The molecule has 2 heterocycles. The predicted molar refractivity (Wildman–Crippen MR) is 95.7 cm³/mol. The lowest BCUT2D eigenvalue weighted by Gasteiger charge is -2.25. The van der Waals surface area contributed by atoms with Gasteiger partial charge in [0.15, 0.2) is 5.82 Å². The van der Waals surface area contributed by atoms with E-state index in [4.69, 9.17) is 5.11 Å². The Bertz CT molecular complexity index is 900. The number of rotatable bonds is 4. The standard InChI is InChI=1S/C18H18N4O3/c1-12-7-9-15(21-20-14-5-3-2-4-6-14)17-19-11-13(8-10-16(23)24)18(25)22(12)17/h2-6,8,10-12,20H,7,9H2,1H3,(H,23,24)/b10-8+,21-15+. The molecule has 1 aromatic heterocycles. The molecule has 3 rings (SSSR count). The van der Waals surface area contributed by atoms with Gasteiger partial charge in [-0.2, -0.15) is 5.10 Å². The Morgan fingerprint density at radius 1 is 1.40 bits per heavy atom. The van der Waals surface area contributed by atoms with E-state index in [1.807, 2.05) is 37.3 Å². The van der Waals surface area contributed by atoms with E-state index in [-0.39, 0.29) is 17.2 Å². The summed E-state index contributed by atoms with van der Waals surface area (Å²) in [6, 6.07) is 9.50. The summed E-state index contributed by atoms with van der Waals surface area (Å²) in [5.41, 5.74) is 4.52. The number of hydrogen-bond acceptors (Lipinski definition) is 5. The fourth-order valence-electron chi connectivity index (χ4n) is 2.72. The van der Waals surface area contributed by atoms with Gasteiger partial charge in [0.2, 0.25) is 0 Å². The number of nitrogens with one attached hydrogen (secondary N) is 1. The van der Waals surface area contributed by atoms with Crippen LogP contribution in [0.2, 0.25) is 0 Å². The van der Waals surface area contributed by atoms with Crippen molar-refractivity contribution in [3.8, 4) is 0 Å². The van der Waals surface area contributed by atoms with Crippen LogP contribution in [0.5, 0.6) is 0 Å². The molecule has 2 N–H and O–H groups in total. The van der Waals surface area contributed by atoms with Crippen molar-refractivity contribution in [1.29, 1.82) is 0 Å². The quantitative estimate of drug-likeness (QED) is 0.659. The Morgan fingerprint density at radius 2 is 2.16 bits per heavy atom. The molecule has 0 spiro atoms. The fourth-order valence-corrected chi connectivity index (χ4v) is 2.72. The summed E-state index contributed by atoms with van der Waals surface area (Å²) in [7, 11) is 0. The molecular formula is C18H18N4O3. The van der Waals surface area contributed by atoms with E-state index in [1.165, 1.54) is 12.3 Å². The summed E-state index contributed by atoms with van der Waals surface area (Å²) in [6.45, 7) is 1.94. The Hall–Kier alpha value is -3.22. The minimum absolute atomic E-state index is 0.0242. The van der Waals surface area contributed by atoms with Gasteiger partial charge >= 0.3 is 5.97 Å². The summed E-state index contributed by atoms with van der Waals surface area (Å²) in [5, 5.41) is 13.1. The number of aromatic nitrogens is 2. The van der Waals surface area contributed by atoms with Gasteiger partial charge in [0.1, 0.15) is 5.71 Å². The zero-order valence-electron chi connectivity index (χ0n) is 13.7. The number of nitrogens with zero attached hydrogens (tertiary/aromatic N) is 3. The van der Waals surface area contributed by atoms with Crippen molar-refractivity contribution in [3.05, 3.63) is 64.3 Å². The molecule has 0 saturated carbocycles. The van der Waals surface area contributed by atoms with E-state index in [0.717, 1.165) is 18.2 Å². The van der Waals surface area contributed by atoms with Crippen LogP contribution in [-0.2, 0) is 4.79 Å². The van der Waals surface area contributed by atoms with E-state index in [1.54, 1.807) is 4.57 Å². The van der Waals surface area contributed by atoms with Gasteiger partial charge in [0.25, 0.3) is 5.56 Å². The summed E-state index contributed by atoms with van der Waals surface area (Å²) in [4.78, 5) is 27.7. The maximum Gasteiger partial charge on any atom is 0.328 e. The van der Waals surface area contributed by atoms with Crippen LogP contribution in [-0.4, -0.2) is 26.3 Å². The van der Waals surface area contributed by atoms with Crippen molar-refractivity contribution >= 4 is 23.4 Å². The molecule has 1 aliphatic heterocycles. The van der Waals surface area contributed by atoms with Gasteiger partial charge in [0, 0.05) is 18.3 Å². The zero-order valence-corrected chi connectivity index (χ0v) is 13.7.